The Morgan fingerprint density at radius 3 is 2.84 bits per heavy atom. The summed E-state index contributed by atoms with van der Waals surface area (Å²) in [5.74, 6) is 2.13. The molecule has 0 aromatic carbocycles. The van der Waals surface area contributed by atoms with Gasteiger partial charge in [-0.2, -0.15) is 0 Å². The predicted octanol–water partition coefficient (Wildman–Crippen LogP) is 1.26. The van der Waals surface area contributed by atoms with Crippen LogP contribution in [0.25, 0.3) is 0 Å². The average Bonchev–Trinajstić information content (AvgIpc) is 3.02. The van der Waals surface area contributed by atoms with Gasteiger partial charge in [-0.15, -0.1) is 0 Å². The first-order valence-electron chi connectivity index (χ1n) is 7.35. The Hall–Kier alpha value is -1.36. The summed E-state index contributed by atoms with van der Waals surface area (Å²) < 4.78 is 0. The van der Waals surface area contributed by atoms with Gasteiger partial charge in [0.1, 0.15) is 18.0 Å². The predicted molar refractivity (Wildman–Crippen MR) is 77.8 cm³/mol. The lowest BCUT2D eigenvalue weighted by molar-refractivity contribution is 0.443. The normalized spacial score (nSPS) is 23.6. The zero-order valence-electron chi connectivity index (χ0n) is 11.7. The van der Waals surface area contributed by atoms with Crippen molar-refractivity contribution in [2.75, 3.05) is 43.0 Å². The first-order valence-corrected chi connectivity index (χ1v) is 7.35. The van der Waals surface area contributed by atoms with Gasteiger partial charge in [0.2, 0.25) is 0 Å². The van der Waals surface area contributed by atoms with Gasteiger partial charge >= 0.3 is 0 Å². The van der Waals surface area contributed by atoms with E-state index in [2.05, 4.69) is 38.2 Å². The molecule has 1 unspecified atom stereocenters. The van der Waals surface area contributed by atoms with E-state index in [0.29, 0.717) is 6.04 Å². The molecule has 1 aromatic heterocycles. The third-order valence-electron chi connectivity index (χ3n) is 4.25. The number of likely N-dealkylation sites (N-methyl/N-ethyl adjacent to an activating group) is 1. The summed E-state index contributed by atoms with van der Waals surface area (Å²) >= 11 is 0. The van der Waals surface area contributed by atoms with Crippen LogP contribution in [0.4, 0.5) is 11.6 Å². The van der Waals surface area contributed by atoms with Crippen LogP contribution in [0.3, 0.4) is 0 Å². The number of nitrogens with one attached hydrogen (secondary N) is 1. The van der Waals surface area contributed by atoms with Gasteiger partial charge in [0.15, 0.2) is 0 Å². The Kier molecular flexibility index (Phi) is 3.82. The number of hydrogen-bond donors (Lipinski definition) is 1. The number of nitrogens with zero attached hydrogens (tertiary/aromatic N) is 4. The average molecular weight is 261 g/mol. The van der Waals surface area contributed by atoms with Gasteiger partial charge in [0.05, 0.1) is 0 Å². The fraction of sp³-hybridized carbons (Fsp3) is 0.714. The van der Waals surface area contributed by atoms with Crippen LogP contribution in [0.1, 0.15) is 25.7 Å². The number of hydrogen-bond acceptors (Lipinski definition) is 5. The standard InChI is InChI=1S/C14H23N5/c1-18(12-5-4-6-15-10-12)13-9-14(17-11-16-13)19-7-2-3-8-19/h9,11-12,15H,2-8,10H2,1H3. The second-order valence-electron chi connectivity index (χ2n) is 5.54. The molecule has 3 heterocycles. The van der Waals surface area contributed by atoms with E-state index >= 15 is 0 Å². The van der Waals surface area contributed by atoms with Crippen LogP contribution in [-0.2, 0) is 0 Å². The quantitative estimate of drug-likeness (QED) is 0.887. The maximum absolute atomic E-state index is 4.45. The molecule has 5 nitrogen and oxygen atoms in total. The van der Waals surface area contributed by atoms with Crippen molar-refractivity contribution in [1.82, 2.24) is 15.3 Å². The van der Waals surface area contributed by atoms with Gasteiger partial charge in [-0.3, -0.25) is 0 Å². The largest absolute Gasteiger partial charge is 0.356 e. The second-order valence-corrected chi connectivity index (χ2v) is 5.54. The van der Waals surface area contributed by atoms with Crippen LogP contribution >= 0.6 is 0 Å². The molecule has 104 valence electrons. The third-order valence-corrected chi connectivity index (χ3v) is 4.25. The molecule has 2 saturated heterocycles. The highest BCUT2D eigenvalue weighted by atomic mass is 15.2. The lowest BCUT2D eigenvalue weighted by atomic mass is 10.1. The molecule has 5 heteroatoms. The number of aromatic nitrogens is 2. The van der Waals surface area contributed by atoms with Gasteiger partial charge in [-0.1, -0.05) is 0 Å². The van der Waals surface area contributed by atoms with Crippen molar-refractivity contribution in [3.8, 4) is 0 Å². The first kappa shape index (κ1) is 12.7. The van der Waals surface area contributed by atoms with Gasteiger partial charge in [0, 0.05) is 38.8 Å². The van der Waals surface area contributed by atoms with Gasteiger partial charge in [-0.05, 0) is 32.2 Å². The summed E-state index contributed by atoms with van der Waals surface area (Å²) in [5, 5.41) is 3.46. The first-order chi connectivity index (χ1) is 9.34. The molecule has 0 saturated carbocycles. The Labute approximate surface area is 115 Å². The lowest BCUT2D eigenvalue weighted by Gasteiger charge is -2.32. The van der Waals surface area contributed by atoms with E-state index < -0.39 is 0 Å². The van der Waals surface area contributed by atoms with Crippen LogP contribution in [0, 0.1) is 0 Å². The minimum absolute atomic E-state index is 0.551. The molecule has 1 aromatic rings. The molecule has 0 aliphatic carbocycles. The summed E-state index contributed by atoms with van der Waals surface area (Å²) in [4.78, 5) is 13.5. The summed E-state index contributed by atoms with van der Waals surface area (Å²) in [7, 11) is 2.15. The lowest BCUT2D eigenvalue weighted by Crippen LogP contribution is -2.44. The minimum atomic E-state index is 0.551. The van der Waals surface area contributed by atoms with Crippen molar-refractivity contribution in [2.45, 2.75) is 31.7 Å². The van der Waals surface area contributed by atoms with Crippen molar-refractivity contribution < 1.29 is 0 Å². The Balaban J connectivity index is 1.74. The molecule has 0 bridgehead atoms. The molecule has 2 fully saturated rings. The molecule has 3 rings (SSSR count). The van der Waals surface area contributed by atoms with E-state index in [0.717, 1.165) is 37.8 Å². The third kappa shape index (κ3) is 2.81. The zero-order valence-corrected chi connectivity index (χ0v) is 11.7. The highest BCUT2D eigenvalue weighted by molar-refractivity contribution is 5.50. The highest BCUT2D eigenvalue weighted by Gasteiger charge is 2.20. The topological polar surface area (TPSA) is 44.3 Å². The molecule has 19 heavy (non-hydrogen) atoms. The summed E-state index contributed by atoms with van der Waals surface area (Å²) in [6.45, 7) is 4.46. The van der Waals surface area contributed by atoms with Crippen LogP contribution in [0.2, 0.25) is 0 Å². The number of rotatable bonds is 3. The minimum Gasteiger partial charge on any atom is -0.356 e. The fourth-order valence-corrected chi connectivity index (χ4v) is 3.00. The van der Waals surface area contributed by atoms with Crippen molar-refractivity contribution in [3.05, 3.63) is 12.4 Å². The van der Waals surface area contributed by atoms with Gasteiger partial charge in [-0.25, -0.2) is 9.97 Å². The summed E-state index contributed by atoms with van der Waals surface area (Å²) in [5.41, 5.74) is 0. The summed E-state index contributed by atoms with van der Waals surface area (Å²) in [6, 6.07) is 2.69. The Morgan fingerprint density at radius 2 is 2.11 bits per heavy atom. The van der Waals surface area contributed by atoms with Crippen LogP contribution in [0.5, 0.6) is 0 Å². The molecule has 1 N–H and O–H groups in total. The molecule has 0 amide bonds. The van der Waals surface area contributed by atoms with Gasteiger partial charge < -0.3 is 15.1 Å². The van der Waals surface area contributed by atoms with Crippen LogP contribution in [0.15, 0.2) is 12.4 Å². The second kappa shape index (κ2) is 5.74. The van der Waals surface area contributed by atoms with E-state index in [4.69, 9.17) is 0 Å². The fourth-order valence-electron chi connectivity index (χ4n) is 3.00. The Bertz CT molecular complexity index is 410. The zero-order chi connectivity index (χ0) is 13.1. The molecule has 2 aliphatic rings. The van der Waals surface area contributed by atoms with E-state index in [1.807, 2.05) is 0 Å². The number of anilines is 2. The highest BCUT2D eigenvalue weighted by Crippen LogP contribution is 2.22. The van der Waals surface area contributed by atoms with Crippen molar-refractivity contribution in [2.24, 2.45) is 0 Å². The van der Waals surface area contributed by atoms with Crippen LogP contribution in [-0.4, -0.2) is 49.2 Å². The van der Waals surface area contributed by atoms with E-state index in [-0.39, 0.29) is 0 Å². The SMILES string of the molecule is CN(c1cc(N2CCCC2)ncn1)C1CCCNC1. The maximum Gasteiger partial charge on any atom is 0.134 e. The molecule has 2 aliphatic heterocycles. The van der Waals surface area contributed by atoms with Gasteiger partial charge in [0.25, 0.3) is 0 Å². The van der Waals surface area contributed by atoms with E-state index in [1.165, 1.54) is 25.7 Å². The van der Waals surface area contributed by atoms with Crippen molar-refractivity contribution in [1.29, 1.82) is 0 Å². The molecule has 1 atom stereocenters. The Morgan fingerprint density at radius 1 is 1.26 bits per heavy atom. The molecule has 0 spiro atoms. The summed E-state index contributed by atoms with van der Waals surface area (Å²) in [6.07, 6.45) is 6.75. The molecule has 0 radical (unpaired) electrons. The monoisotopic (exact) mass is 261 g/mol. The smallest absolute Gasteiger partial charge is 0.134 e. The molecular weight excluding hydrogens is 238 g/mol. The molecular formula is C14H23N5. The van der Waals surface area contributed by atoms with E-state index in [1.54, 1.807) is 6.33 Å². The maximum atomic E-state index is 4.45. The number of piperidine rings is 1. The van der Waals surface area contributed by atoms with Crippen molar-refractivity contribution >= 4 is 11.6 Å². The van der Waals surface area contributed by atoms with E-state index in [9.17, 15) is 0 Å². The van der Waals surface area contributed by atoms with Crippen molar-refractivity contribution in [3.63, 3.8) is 0 Å². The van der Waals surface area contributed by atoms with Crippen LogP contribution < -0.4 is 15.1 Å².